The van der Waals surface area contributed by atoms with Crippen LogP contribution in [0, 0.1) is 5.92 Å². The molecule has 1 amide bonds. The van der Waals surface area contributed by atoms with Gasteiger partial charge in [-0.15, -0.1) is 0 Å². The molecule has 0 saturated carbocycles. The molecule has 0 bridgehead atoms. The number of Topliss-reactive ketones (excluding diaryl/α,β-unsaturated/α-hetero) is 1. The van der Waals surface area contributed by atoms with Crippen LogP contribution < -0.4 is 0 Å². The first kappa shape index (κ1) is 11.8. The summed E-state index contributed by atoms with van der Waals surface area (Å²) in [5.41, 5.74) is 0.988. The van der Waals surface area contributed by atoms with Gasteiger partial charge in [-0.1, -0.05) is 13.8 Å². The van der Waals surface area contributed by atoms with E-state index in [2.05, 4.69) is 4.98 Å². The number of amides is 1. The van der Waals surface area contributed by atoms with Crippen molar-refractivity contribution < 1.29 is 9.59 Å². The fourth-order valence-corrected chi connectivity index (χ4v) is 1.91. The average molecular weight is 235 g/mol. The van der Waals surface area contributed by atoms with Crippen LogP contribution in [0.5, 0.6) is 0 Å². The molecule has 0 N–H and O–H groups in total. The van der Waals surface area contributed by atoms with Crippen molar-refractivity contribution >= 4 is 11.7 Å². The number of imidazole rings is 1. The Hall–Kier alpha value is -1.65. The van der Waals surface area contributed by atoms with Crippen LogP contribution in [0.4, 0.5) is 0 Å². The van der Waals surface area contributed by atoms with E-state index >= 15 is 0 Å². The van der Waals surface area contributed by atoms with Crippen molar-refractivity contribution in [2.45, 2.75) is 33.4 Å². The van der Waals surface area contributed by atoms with Crippen LogP contribution in [0.25, 0.3) is 0 Å². The molecule has 2 rings (SSSR count). The van der Waals surface area contributed by atoms with Gasteiger partial charge in [0.05, 0.1) is 18.6 Å². The summed E-state index contributed by atoms with van der Waals surface area (Å²) < 4.78 is 2.01. The van der Waals surface area contributed by atoms with Gasteiger partial charge in [0.2, 0.25) is 5.78 Å². The highest BCUT2D eigenvalue weighted by Crippen LogP contribution is 2.13. The zero-order valence-electron chi connectivity index (χ0n) is 10.2. The summed E-state index contributed by atoms with van der Waals surface area (Å²) in [4.78, 5) is 29.4. The molecule has 0 aliphatic carbocycles. The highest BCUT2D eigenvalue weighted by molar-refractivity contribution is 6.36. The van der Waals surface area contributed by atoms with Crippen LogP contribution in [0.1, 0.15) is 26.0 Å². The van der Waals surface area contributed by atoms with Crippen LogP contribution in [-0.4, -0.2) is 32.7 Å². The first-order valence-corrected chi connectivity index (χ1v) is 5.95. The lowest BCUT2D eigenvalue weighted by Crippen LogP contribution is -2.43. The van der Waals surface area contributed by atoms with Crippen molar-refractivity contribution in [2.75, 3.05) is 6.54 Å². The number of hydrogen-bond donors (Lipinski definition) is 0. The number of carbonyl (C=O) groups excluding carboxylic acids is 2. The number of carbonyl (C=O) groups is 2. The van der Waals surface area contributed by atoms with Crippen LogP contribution in [-0.2, 0) is 22.7 Å². The van der Waals surface area contributed by atoms with Gasteiger partial charge >= 0.3 is 0 Å². The second-order valence-corrected chi connectivity index (χ2v) is 4.48. The molecule has 0 spiro atoms. The second-order valence-electron chi connectivity index (χ2n) is 4.48. The first-order valence-electron chi connectivity index (χ1n) is 5.95. The van der Waals surface area contributed by atoms with Crippen molar-refractivity contribution in [2.24, 2.45) is 5.92 Å². The van der Waals surface area contributed by atoms with Crippen molar-refractivity contribution in [3.05, 3.63) is 18.2 Å². The van der Waals surface area contributed by atoms with Gasteiger partial charge < -0.3 is 9.47 Å². The van der Waals surface area contributed by atoms with Crippen molar-refractivity contribution in [3.63, 3.8) is 0 Å². The topological polar surface area (TPSA) is 55.2 Å². The normalized spacial score (nSPS) is 16.5. The van der Waals surface area contributed by atoms with Crippen LogP contribution in [0.2, 0.25) is 0 Å². The predicted molar refractivity (Wildman–Crippen MR) is 62.1 cm³/mol. The maximum absolute atomic E-state index is 12.0. The molecular formula is C12H17N3O2. The fourth-order valence-electron chi connectivity index (χ4n) is 1.91. The molecule has 1 aromatic rings. The third kappa shape index (κ3) is 2.23. The largest absolute Gasteiger partial charge is 0.331 e. The third-order valence-electron chi connectivity index (χ3n) is 3.32. The Bertz CT molecular complexity index is 439. The van der Waals surface area contributed by atoms with Crippen LogP contribution in [0.15, 0.2) is 12.5 Å². The van der Waals surface area contributed by atoms with E-state index < -0.39 is 0 Å². The molecule has 5 nitrogen and oxygen atoms in total. The lowest BCUT2D eigenvalue weighted by Gasteiger charge is -2.28. The van der Waals surface area contributed by atoms with Crippen molar-refractivity contribution in [1.82, 2.24) is 14.5 Å². The molecule has 0 radical (unpaired) electrons. The van der Waals surface area contributed by atoms with Gasteiger partial charge in [0.1, 0.15) is 0 Å². The van der Waals surface area contributed by atoms with Crippen molar-refractivity contribution in [3.8, 4) is 0 Å². The van der Waals surface area contributed by atoms with Gasteiger partial charge in [-0.05, 0) is 6.42 Å². The molecule has 2 heterocycles. The first-order chi connectivity index (χ1) is 8.13. The average Bonchev–Trinajstić information content (AvgIpc) is 2.83. The molecule has 1 aromatic heterocycles. The molecule has 0 fully saturated rings. The smallest absolute Gasteiger partial charge is 0.290 e. The van der Waals surface area contributed by atoms with Gasteiger partial charge in [0.15, 0.2) is 0 Å². The number of aromatic nitrogens is 2. The van der Waals surface area contributed by atoms with E-state index in [0.29, 0.717) is 19.5 Å². The maximum Gasteiger partial charge on any atom is 0.290 e. The Morgan fingerprint density at radius 3 is 2.94 bits per heavy atom. The summed E-state index contributed by atoms with van der Waals surface area (Å²) in [5.74, 6) is -0.818. The summed E-state index contributed by atoms with van der Waals surface area (Å²) in [7, 11) is 0. The van der Waals surface area contributed by atoms with Gasteiger partial charge in [-0.2, -0.15) is 0 Å². The van der Waals surface area contributed by atoms with E-state index in [0.717, 1.165) is 12.2 Å². The van der Waals surface area contributed by atoms with Crippen molar-refractivity contribution in [1.29, 1.82) is 0 Å². The minimum atomic E-state index is -0.355. The summed E-state index contributed by atoms with van der Waals surface area (Å²) in [5, 5.41) is 0. The SMILES string of the molecule is CC[C@H](C)C(=O)C(=O)N1CCn2cncc2C1. The van der Waals surface area contributed by atoms with Crippen LogP contribution in [0.3, 0.4) is 0 Å². The molecule has 0 saturated heterocycles. The summed E-state index contributed by atoms with van der Waals surface area (Å²) in [6, 6.07) is 0. The van der Waals surface area contributed by atoms with E-state index in [1.807, 2.05) is 11.5 Å². The number of nitrogens with zero attached hydrogens (tertiary/aromatic N) is 3. The number of fused-ring (bicyclic) bond motifs is 1. The Labute approximate surface area is 100 Å². The van der Waals surface area contributed by atoms with Gasteiger partial charge in [-0.25, -0.2) is 4.98 Å². The lowest BCUT2D eigenvalue weighted by molar-refractivity contribution is -0.147. The predicted octanol–water partition coefficient (Wildman–Crippen LogP) is 0.840. The fraction of sp³-hybridized carbons (Fsp3) is 0.583. The zero-order chi connectivity index (χ0) is 12.4. The molecule has 1 aliphatic heterocycles. The lowest BCUT2D eigenvalue weighted by atomic mass is 10.0. The second kappa shape index (κ2) is 4.69. The van der Waals surface area contributed by atoms with E-state index in [1.165, 1.54) is 0 Å². The summed E-state index contributed by atoms with van der Waals surface area (Å²) in [6.45, 7) is 5.51. The van der Waals surface area contributed by atoms with E-state index in [9.17, 15) is 9.59 Å². The molecular weight excluding hydrogens is 218 g/mol. The van der Waals surface area contributed by atoms with E-state index in [-0.39, 0.29) is 17.6 Å². The highest BCUT2D eigenvalue weighted by Gasteiger charge is 2.28. The highest BCUT2D eigenvalue weighted by atomic mass is 16.2. The number of ketones is 1. The molecule has 1 atom stereocenters. The summed E-state index contributed by atoms with van der Waals surface area (Å²) >= 11 is 0. The Kier molecular flexibility index (Phi) is 3.26. The molecule has 0 aromatic carbocycles. The third-order valence-corrected chi connectivity index (χ3v) is 3.32. The molecule has 1 aliphatic rings. The molecule has 17 heavy (non-hydrogen) atoms. The minimum absolute atomic E-state index is 0.186. The zero-order valence-corrected chi connectivity index (χ0v) is 10.2. The quantitative estimate of drug-likeness (QED) is 0.729. The van der Waals surface area contributed by atoms with Gasteiger partial charge in [-0.3, -0.25) is 9.59 Å². The minimum Gasteiger partial charge on any atom is -0.331 e. The number of rotatable bonds is 3. The van der Waals surface area contributed by atoms with E-state index in [1.54, 1.807) is 24.3 Å². The number of hydrogen-bond acceptors (Lipinski definition) is 3. The Balaban J connectivity index is 2.06. The van der Waals surface area contributed by atoms with Gasteiger partial charge in [0.25, 0.3) is 5.91 Å². The van der Waals surface area contributed by atoms with Crippen LogP contribution >= 0.6 is 0 Å². The van der Waals surface area contributed by atoms with Gasteiger partial charge in [0, 0.05) is 25.2 Å². The molecule has 0 unspecified atom stereocenters. The maximum atomic E-state index is 12.0. The standard InChI is InChI=1S/C12H17N3O2/c1-3-9(2)11(16)12(17)14-4-5-15-8-13-6-10(15)7-14/h6,8-9H,3-5,7H2,1-2H3/t9-/m0/s1. The molecule has 92 valence electrons. The summed E-state index contributed by atoms with van der Waals surface area (Å²) in [6.07, 6.45) is 4.21. The Morgan fingerprint density at radius 1 is 1.47 bits per heavy atom. The Morgan fingerprint density at radius 2 is 2.24 bits per heavy atom. The monoisotopic (exact) mass is 235 g/mol. The van der Waals surface area contributed by atoms with E-state index in [4.69, 9.17) is 0 Å². The molecule has 5 heteroatoms.